The minimum absolute atomic E-state index is 0.0397. The van der Waals surface area contributed by atoms with Crippen LogP contribution in [0.2, 0.25) is 0 Å². The van der Waals surface area contributed by atoms with Crippen LogP contribution in [0.3, 0.4) is 0 Å². The van der Waals surface area contributed by atoms with E-state index in [1.54, 1.807) is 0 Å². The number of halogens is 1. The van der Waals surface area contributed by atoms with E-state index in [1.165, 1.54) is 7.11 Å². The van der Waals surface area contributed by atoms with E-state index in [9.17, 15) is 19.7 Å². The second-order valence-corrected chi connectivity index (χ2v) is 3.31. The van der Waals surface area contributed by atoms with Gasteiger partial charge in [0.05, 0.1) is 35.1 Å². The molecule has 0 aliphatic heterocycles. The summed E-state index contributed by atoms with van der Waals surface area (Å²) in [5, 5.41) is 10.8. The maximum absolute atomic E-state index is 11.4. The Balaban J connectivity index is 3.50. The van der Waals surface area contributed by atoms with Gasteiger partial charge in [-0.1, -0.05) is 0 Å². The molecular weight excluding hydrogens is 250 g/mol. The normalized spacial score (nSPS) is 9.76. The topological polar surface area (TPSA) is 86.5 Å². The number of benzene rings is 1. The number of carbonyl (C=O) groups excluding carboxylic acids is 2. The summed E-state index contributed by atoms with van der Waals surface area (Å²) in [5.74, 6) is -0.979. The molecule has 0 spiro atoms. The highest BCUT2D eigenvalue weighted by Crippen LogP contribution is 2.28. The van der Waals surface area contributed by atoms with Crippen molar-refractivity contribution in [1.82, 2.24) is 0 Å². The summed E-state index contributed by atoms with van der Waals surface area (Å²) >= 11 is 5.34. The second-order valence-electron chi connectivity index (χ2n) is 3.04. The Labute approximate surface area is 101 Å². The Kier molecular flexibility index (Phi) is 4.17. The Morgan fingerprint density at radius 1 is 1.59 bits per heavy atom. The predicted molar refractivity (Wildman–Crippen MR) is 60.1 cm³/mol. The van der Waals surface area contributed by atoms with Gasteiger partial charge in [0, 0.05) is 0 Å². The largest absolute Gasteiger partial charge is 0.496 e. The molecule has 1 rings (SSSR count). The van der Waals surface area contributed by atoms with Crippen LogP contribution in [0.25, 0.3) is 0 Å². The second kappa shape index (κ2) is 5.40. The summed E-state index contributed by atoms with van der Waals surface area (Å²) in [6.07, 6.45) is 0.452. The molecule has 0 atom stereocenters. The standard InChI is InChI=1S/C10H8ClNO5/c1-17-10-3-8(12(15)16)7(9(14)4-11)2-6(10)5-13/h2-3,5H,4H2,1H3. The van der Waals surface area contributed by atoms with Gasteiger partial charge in [0.15, 0.2) is 12.1 Å². The quantitative estimate of drug-likeness (QED) is 0.264. The third-order valence-corrected chi connectivity index (χ3v) is 2.34. The van der Waals surface area contributed by atoms with Crippen molar-refractivity contribution >= 4 is 29.4 Å². The number of ketones is 1. The van der Waals surface area contributed by atoms with Crippen molar-refractivity contribution in [2.45, 2.75) is 0 Å². The van der Waals surface area contributed by atoms with Crippen LogP contribution in [-0.4, -0.2) is 30.0 Å². The highest BCUT2D eigenvalue weighted by Gasteiger charge is 2.23. The number of nitrogens with zero attached hydrogens (tertiary/aromatic N) is 1. The summed E-state index contributed by atoms with van der Waals surface area (Å²) in [4.78, 5) is 32.2. The van der Waals surface area contributed by atoms with Gasteiger partial charge in [-0.25, -0.2) is 0 Å². The first-order chi connectivity index (χ1) is 8.04. The van der Waals surface area contributed by atoms with Crippen LogP contribution in [0.15, 0.2) is 12.1 Å². The van der Waals surface area contributed by atoms with Crippen LogP contribution in [0.4, 0.5) is 5.69 Å². The van der Waals surface area contributed by atoms with Gasteiger partial charge in [-0.15, -0.1) is 11.6 Å². The fraction of sp³-hybridized carbons (Fsp3) is 0.200. The van der Waals surface area contributed by atoms with Crippen molar-refractivity contribution in [2.75, 3.05) is 13.0 Å². The number of hydrogen-bond donors (Lipinski definition) is 0. The molecule has 0 bridgehead atoms. The molecule has 7 heteroatoms. The molecule has 0 aliphatic rings. The first-order valence-electron chi connectivity index (χ1n) is 4.46. The van der Waals surface area contributed by atoms with Gasteiger partial charge in [-0.3, -0.25) is 19.7 Å². The molecule has 1 aromatic rings. The van der Waals surface area contributed by atoms with Gasteiger partial charge in [0.25, 0.3) is 5.69 Å². The van der Waals surface area contributed by atoms with Crippen LogP contribution in [-0.2, 0) is 0 Å². The van der Waals surface area contributed by atoms with E-state index in [0.29, 0.717) is 6.29 Å². The van der Waals surface area contributed by atoms with E-state index in [0.717, 1.165) is 12.1 Å². The van der Waals surface area contributed by atoms with Crippen molar-refractivity contribution < 1.29 is 19.2 Å². The van der Waals surface area contributed by atoms with E-state index in [4.69, 9.17) is 16.3 Å². The Morgan fingerprint density at radius 3 is 2.65 bits per heavy atom. The lowest BCUT2D eigenvalue weighted by atomic mass is 10.1. The SMILES string of the molecule is COc1cc([N+](=O)[O-])c(C(=O)CCl)cc1C=O. The molecule has 0 aromatic heterocycles. The summed E-state index contributed by atoms with van der Waals surface area (Å²) in [6.45, 7) is 0. The molecule has 90 valence electrons. The fourth-order valence-electron chi connectivity index (χ4n) is 1.30. The van der Waals surface area contributed by atoms with Crippen LogP contribution < -0.4 is 4.74 Å². The summed E-state index contributed by atoms with van der Waals surface area (Å²) < 4.78 is 4.82. The van der Waals surface area contributed by atoms with Crippen LogP contribution in [0.5, 0.6) is 5.75 Å². The first kappa shape index (κ1) is 13.1. The predicted octanol–water partition coefficient (Wildman–Crippen LogP) is 1.84. The first-order valence-corrected chi connectivity index (χ1v) is 4.99. The number of hydrogen-bond acceptors (Lipinski definition) is 5. The minimum atomic E-state index is -0.725. The minimum Gasteiger partial charge on any atom is -0.496 e. The van der Waals surface area contributed by atoms with Gasteiger partial charge in [-0.2, -0.15) is 0 Å². The van der Waals surface area contributed by atoms with E-state index in [1.807, 2.05) is 0 Å². The van der Waals surface area contributed by atoms with Crippen LogP contribution in [0, 0.1) is 10.1 Å². The summed E-state index contributed by atoms with van der Waals surface area (Å²) in [7, 11) is 1.27. The lowest BCUT2D eigenvalue weighted by Gasteiger charge is -2.06. The Bertz CT molecular complexity index is 486. The maximum Gasteiger partial charge on any atom is 0.283 e. The van der Waals surface area contributed by atoms with Crippen molar-refractivity contribution in [3.05, 3.63) is 33.4 Å². The monoisotopic (exact) mass is 257 g/mol. The highest BCUT2D eigenvalue weighted by molar-refractivity contribution is 6.31. The number of nitro benzene ring substituents is 1. The smallest absolute Gasteiger partial charge is 0.283 e. The molecule has 0 unspecified atom stereocenters. The number of aldehydes is 1. The molecule has 0 heterocycles. The van der Waals surface area contributed by atoms with Gasteiger partial charge in [-0.05, 0) is 6.07 Å². The zero-order valence-electron chi connectivity index (χ0n) is 8.81. The average Bonchev–Trinajstić information content (AvgIpc) is 2.35. The van der Waals surface area contributed by atoms with E-state index in [2.05, 4.69) is 0 Å². The molecule has 0 radical (unpaired) electrons. The molecule has 0 amide bonds. The van der Waals surface area contributed by atoms with Crippen molar-refractivity contribution in [3.8, 4) is 5.75 Å². The highest BCUT2D eigenvalue weighted by atomic mass is 35.5. The van der Waals surface area contributed by atoms with Crippen LogP contribution in [0.1, 0.15) is 20.7 Å². The van der Waals surface area contributed by atoms with Crippen molar-refractivity contribution in [3.63, 3.8) is 0 Å². The molecule has 0 aliphatic carbocycles. The Morgan fingerprint density at radius 2 is 2.24 bits per heavy atom. The molecule has 0 saturated heterocycles. The number of methoxy groups -OCH3 is 1. The van der Waals surface area contributed by atoms with Crippen molar-refractivity contribution in [2.24, 2.45) is 0 Å². The lowest BCUT2D eigenvalue weighted by molar-refractivity contribution is -0.385. The number of carbonyl (C=O) groups is 2. The molecular formula is C10H8ClNO5. The molecule has 6 nitrogen and oxygen atoms in total. The number of alkyl halides is 1. The molecule has 0 N–H and O–H groups in total. The zero-order valence-corrected chi connectivity index (χ0v) is 9.56. The number of Topliss-reactive ketones (excluding diaryl/α,β-unsaturated/α-hetero) is 1. The average molecular weight is 258 g/mol. The third kappa shape index (κ3) is 2.59. The third-order valence-electron chi connectivity index (χ3n) is 2.09. The van der Waals surface area contributed by atoms with Gasteiger partial charge >= 0.3 is 0 Å². The van der Waals surface area contributed by atoms with Crippen molar-refractivity contribution in [1.29, 1.82) is 0 Å². The maximum atomic E-state index is 11.4. The number of nitro groups is 1. The number of ether oxygens (including phenoxy) is 1. The summed E-state index contributed by atoms with van der Waals surface area (Å²) in [6, 6.07) is 2.14. The van der Waals surface area contributed by atoms with Gasteiger partial charge < -0.3 is 4.74 Å². The molecule has 0 saturated carbocycles. The lowest BCUT2D eigenvalue weighted by Crippen LogP contribution is -2.07. The fourth-order valence-corrected chi connectivity index (χ4v) is 1.45. The van der Waals surface area contributed by atoms with E-state index >= 15 is 0 Å². The molecule has 0 fully saturated rings. The Hall–Kier alpha value is -1.95. The summed E-state index contributed by atoms with van der Waals surface area (Å²) in [5.41, 5.74) is -0.572. The number of rotatable bonds is 5. The molecule has 17 heavy (non-hydrogen) atoms. The molecule has 1 aromatic carbocycles. The van der Waals surface area contributed by atoms with Crippen LogP contribution >= 0.6 is 11.6 Å². The zero-order chi connectivity index (χ0) is 13.0. The van der Waals surface area contributed by atoms with E-state index < -0.39 is 22.3 Å². The van der Waals surface area contributed by atoms with Gasteiger partial charge in [0.1, 0.15) is 5.75 Å². The van der Waals surface area contributed by atoms with Gasteiger partial charge in [0.2, 0.25) is 0 Å². The van der Waals surface area contributed by atoms with E-state index in [-0.39, 0.29) is 16.9 Å².